The largest absolute Gasteiger partial charge is 0.497 e. The van der Waals surface area contributed by atoms with Crippen molar-refractivity contribution in [3.8, 4) is 11.5 Å². The van der Waals surface area contributed by atoms with Gasteiger partial charge in [0.2, 0.25) is 5.95 Å². The SMILES string of the molecule is COc1ccc(C(=O)Nc2nc3ccccc3n2CCOc2cccc(C)c2)cc1. The number of para-hydroxylation sites is 2. The van der Waals surface area contributed by atoms with Gasteiger partial charge in [-0.25, -0.2) is 4.98 Å². The summed E-state index contributed by atoms with van der Waals surface area (Å²) in [5.41, 5.74) is 3.44. The van der Waals surface area contributed by atoms with Crippen LogP contribution in [-0.2, 0) is 6.54 Å². The van der Waals surface area contributed by atoms with Crippen LogP contribution in [0.1, 0.15) is 15.9 Å². The number of imidazole rings is 1. The molecule has 0 radical (unpaired) electrons. The Bertz CT molecular complexity index is 1170. The quantitative estimate of drug-likeness (QED) is 0.488. The molecule has 1 amide bonds. The van der Waals surface area contributed by atoms with Crippen molar-refractivity contribution in [3.05, 3.63) is 83.9 Å². The number of fused-ring (bicyclic) bond motifs is 1. The third kappa shape index (κ3) is 4.27. The van der Waals surface area contributed by atoms with Crippen molar-refractivity contribution < 1.29 is 14.3 Å². The van der Waals surface area contributed by atoms with Crippen molar-refractivity contribution in [1.29, 1.82) is 0 Å². The maximum Gasteiger partial charge on any atom is 0.257 e. The Morgan fingerprint density at radius 3 is 2.57 bits per heavy atom. The highest BCUT2D eigenvalue weighted by atomic mass is 16.5. The fourth-order valence-corrected chi connectivity index (χ4v) is 3.27. The second-order valence-corrected chi connectivity index (χ2v) is 6.92. The van der Waals surface area contributed by atoms with Crippen molar-refractivity contribution in [1.82, 2.24) is 9.55 Å². The van der Waals surface area contributed by atoms with Gasteiger partial charge in [-0.3, -0.25) is 10.1 Å². The summed E-state index contributed by atoms with van der Waals surface area (Å²) in [6.45, 7) is 3.03. The van der Waals surface area contributed by atoms with E-state index in [4.69, 9.17) is 9.47 Å². The van der Waals surface area contributed by atoms with Gasteiger partial charge in [-0.15, -0.1) is 0 Å². The number of aromatic nitrogens is 2. The molecular weight excluding hydrogens is 378 g/mol. The minimum absolute atomic E-state index is 0.228. The minimum atomic E-state index is -0.228. The molecule has 1 heterocycles. The summed E-state index contributed by atoms with van der Waals surface area (Å²) < 4.78 is 13.0. The second-order valence-electron chi connectivity index (χ2n) is 6.92. The molecule has 152 valence electrons. The van der Waals surface area contributed by atoms with E-state index in [0.29, 0.717) is 30.4 Å². The first-order valence-corrected chi connectivity index (χ1v) is 9.74. The van der Waals surface area contributed by atoms with Gasteiger partial charge in [0, 0.05) is 5.56 Å². The first kappa shape index (κ1) is 19.5. The summed E-state index contributed by atoms with van der Waals surface area (Å²) in [7, 11) is 1.59. The van der Waals surface area contributed by atoms with E-state index in [2.05, 4.69) is 10.3 Å². The molecule has 0 saturated carbocycles. The van der Waals surface area contributed by atoms with E-state index in [1.807, 2.05) is 60.0 Å². The standard InChI is InChI=1S/C24H23N3O3/c1-17-6-5-7-20(16-17)30-15-14-27-22-9-4-3-8-21(22)25-24(27)26-23(28)18-10-12-19(29-2)13-11-18/h3-13,16H,14-15H2,1-2H3,(H,25,26,28). The summed E-state index contributed by atoms with van der Waals surface area (Å²) in [6, 6.07) is 22.7. The zero-order chi connectivity index (χ0) is 20.9. The van der Waals surface area contributed by atoms with E-state index >= 15 is 0 Å². The number of carbonyl (C=O) groups is 1. The van der Waals surface area contributed by atoms with Crippen LogP contribution in [0, 0.1) is 6.92 Å². The number of anilines is 1. The molecule has 0 atom stereocenters. The molecule has 0 aliphatic heterocycles. The van der Waals surface area contributed by atoms with Crippen LogP contribution in [0.25, 0.3) is 11.0 Å². The first-order chi connectivity index (χ1) is 14.6. The summed E-state index contributed by atoms with van der Waals surface area (Å²) in [5.74, 6) is 1.79. The van der Waals surface area contributed by atoms with E-state index in [1.165, 1.54) is 0 Å². The van der Waals surface area contributed by atoms with Crippen molar-refractivity contribution in [2.24, 2.45) is 0 Å². The van der Waals surface area contributed by atoms with Crippen LogP contribution in [0.2, 0.25) is 0 Å². The van der Waals surface area contributed by atoms with E-state index in [1.54, 1.807) is 31.4 Å². The lowest BCUT2D eigenvalue weighted by molar-refractivity contribution is 0.102. The van der Waals surface area contributed by atoms with Gasteiger partial charge in [0.15, 0.2) is 0 Å². The predicted molar refractivity (Wildman–Crippen MR) is 117 cm³/mol. The monoisotopic (exact) mass is 401 g/mol. The number of carbonyl (C=O) groups excluding carboxylic acids is 1. The van der Waals surface area contributed by atoms with Gasteiger partial charge in [0.05, 0.1) is 24.7 Å². The molecule has 0 saturated heterocycles. The average molecular weight is 401 g/mol. The number of nitrogens with one attached hydrogen (secondary N) is 1. The molecule has 4 rings (SSSR count). The summed E-state index contributed by atoms with van der Waals surface area (Å²) in [4.78, 5) is 17.3. The fourth-order valence-electron chi connectivity index (χ4n) is 3.27. The summed E-state index contributed by atoms with van der Waals surface area (Å²) >= 11 is 0. The van der Waals surface area contributed by atoms with Gasteiger partial charge in [-0.1, -0.05) is 24.3 Å². The molecule has 0 fully saturated rings. The maximum absolute atomic E-state index is 12.7. The molecule has 1 aromatic heterocycles. The van der Waals surface area contributed by atoms with Gasteiger partial charge < -0.3 is 14.0 Å². The highest BCUT2D eigenvalue weighted by molar-refractivity contribution is 6.04. The van der Waals surface area contributed by atoms with Crippen LogP contribution in [0.4, 0.5) is 5.95 Å². The molecule has 6 heteroatoms. The second kappa shape index (κ2) is 8.69. The van der Waals surface area contributed by atoms with Crippen molar-refractivity contribution in [2.45, 2.75) is 13.5 Å². The topological polar surface area (TPSA) is 65.4 Å². The van der Waals surface area contributed by atoms with Crippen LogP contribution in [0.5, 0.6) is 11.5 Å². The highest BCUT2D eigenvalue weighted by Crippen LogP contribution is 2.21. The van der Waals surface area contributed by atoms with E-state index in [-0.39, 0.29) is 5.91 Å². The molecule has 0 aliphatic carbocycles. The molecule has 0 unspecified atom stereocenters. The number of methoxy groups -OCH3 is 1. The third-order valence-corrected chi connectivity index (χ3v) is 4.81. The number of hydrogen-bond donors (Lipinski definition) is 1. The highest BCUT2D eigenvalue weighted by Gasteiger charge is 2.14. The van der Waals surface area contributed by atoms with Gasteiger partial charge >= 0.3 is 0 Å². The lowest BCUT2D eigenvalue weighted by Crippen LogP contribution is -2.17. The predicted octanol–water partition coefficient (Wildman–Crippen LogP) is 4.68. The van der Waals surface area contributed by atoms with Crippen LogP contribution in [-0.4, -0.2) is 29.2 Å². The zero-order valence-electron chi connectivity index (χ0n) is 17.0. The number of nitrogens with zero attached hydrogens (tertiary/aromatic N) is 2. The van der Waals surface area contributed by atoms with Crippen LogP contribution in [0.3, 0.4) is 0 Å². The Balaban J connectivity index is 1.54. The molecular formula is C24H23N3O3. The third-order valence-electron chi connectivity index (χ3n) is 4.81. The Kier molecular flexibility index (Phi) is 5.66. The van der Waals surface area contributed by atoms with Crippen LogP contribution < -0.4 is 14.8 Å². The van der Waals surface area contributed by atoms with Gasteiger partial charge in [-0.05, 0) is 61.0 Å². The van der Waals surface area contributed by atoms with Gasteiger partial charge in [-0.2, -0.15) is 0 Å². The number of amides is 1. The first-order valence-electron chi connectivity index (χ1n) is 9.74. The van der Waals surface area contributed by atoms with Crippen molar-refractivity contribution in [3.63, 3.8) is 0 Å². The number of rotatable bonds is 7. The lowest BCUT2D eigenvalue weighted by atomic mass is 10.2. The summed E-state index contributed by atoms with van der Waals surface area (Å²) in [6.07, 6.45) is 0. The number of ether oxygens (including phenoxy) is 2. The van der Waals surface area contributed by atoms with Crippen LogP contribution in [0.15, 0.2) is 72.8 Å². The van der Waals surface area contributed by atoms with Crippen LogP contribution >= 0.6 is 0 Å². The lowest BCUT2D eigenvalue weighted by Gasteiger charge is -2.12. The Hall–Kier alpha value is -3.80. The Morgan fingerprint density at radius 2 is 1.80 bits per heavy atom. The van der Waals surface area contributed by atoms with E-state index in [9.17, 15) is 4.79 Å². The van der Waals surface area contributed by atoms with Gasteiger partial charge in [0.1, 0.15) is 18.1 Å². The molecule has 0 spiro atoms. The molecule has 30 heavy (non-hydrogen) atoms. The molecule has 6 nitrogen and oxygen atoms in total. The molecule has 0 bridgehead atoms. The smallest absolute Gasteiger partial charge is 0.257 e. The normalized spacial score (nSPS) is 10.7. The molecule has 1 N–H and O–H groups in total. The Morgan fingerprint density at radius 1 is 1.00 bits per heavy atom. The zero-order valence-corrected chi connectivity index (χ0v) is 17.0. The van der Waals surface area contributed by atoms with Crippen molar-refractivity contribution >= 4 is 22.9 Å². The van der Waals surface area contributed by atoms with Gasteiger partial charge in [0.25, 0.3) is 5.91 Å². The fraction of sp³-hybridized carbons (Fsp3) is 0.167. The maximum atomic E-state index is 12.7. The number of hydrogen-bond acceptors (Lipinski definition) is 4. The number of aryl methyl sites for hydroxylation is 1. The van der Waals surface area contributed by atoms with E-state index < -0.39 is 0 Å². The summed E-state index contributed by atoms with van der Waals surface area (Å²) in [5, 5.41) is 2.93. The van der Waals surface area contributed by atoms with E-state index in [0.717, 1.165) is 22.3 Å². The minimum Gasteiger partial charge on any atom is -0.497 e. The van der Waals surface area contributed by atoms with Crippen molar-refractivity contribution in [2.75, 3.05) is 19.0 Å². The molecule has 4 aromatic rings. The molecule has 0 aliphatic rings. The number of benzene rings is 3. The average Bonchev–Trinajstić information content (AvgIpc) is 3.11. The molecule has 3 aromatic carbocycles. The Labute approximate surface area is 175 Å².